The van der Waals surface area contributed by atoms with Gasteiger partial charge in [-0.3, -0.25) is 9.69 Å². The largest absolute Gasteiger partial charge is 0.491 e. The number of aliphatic hydroxyl groups is 1. The third-order valence-electron chi connectivity index (χ3n) is 5.30. The molecule has 3 rings (SSSR count). The van der Waals surface area contributed by atoms with E-state index in [0.717, 1.165) is 24.1 Å². The molecule has 0 bridgehead atoms. The average molecular weight is 435 g/mol. The van der Waals surface area contributed by atoms with Crippen molar-refractivity contribution in [2.75, 3.05) is 26.2 Å². The molecule has 1 aliphatic rings. The summed E-state index contributed by atoms with van der Waals surface area (Å²) >= 11 is 6.20. The van der Waals surface area contributed by atoms with Gasteiger partial charge in [-0.25, -0.2) is 4.39 Å². The molecule has 0 radical (unpaired) electrons. The normalized spacial score (nSPS) is 19.5. The van der Waals surface area contributed by atoms with Crippen LogP contribution < -0.4 is 10.1 Å². The molecule has 2 aromatic carbocycles. The smallest absolute Gasteiger partial charge is 0.234 e. The highest BCUT2D eigenvalue weighted by Gasteiger charge is 2.34. The lowest BCUT2D eigenvalue weighted by molar-refractivity contribution is -0.124. The number of carbonyl (C=O) groups excluding carboxylic acids is 1. The zero-order valence-electron chi connectivity index (χ0n) is 17.4. The molecule has 1 fully saturated rings. The quantitative estimate of drug-likeness (QED) is 0.698. The number of aryl methyl sites for hydroxylation is 2. The Morgan fingerprint density at radius 1 is 1.30 bits per heavy atom. The first-order valence-corrected chi connectivity index (χ1v) is 10.5. The number of hydrogen-bond acceptors (Lipinski definition) is 4. The summed E-state index contributed by atoms with van der Waals surface area (Å²) in [6.07, 6.45) is 1.38. The second kappa shape index (κ2) is 9.77. The van der Waals surface area contributed by atoms with Crippen molar-refractivity contribution in [2.45, 2.75) is 38.8 Å². The van der Waals surface area contributed by atoms with Crippen LogP contribution in [0.4, 0.5) is 4.39 Å². The van der Waals surface area contributed by atoms with Crippen LogP contribution in [0.3, 0.4) is 0 Å². The van der Waals surface area contributed by atoms with Gasteiger partial charge >= 0.3 is 0 Å². The van der Waals surface area contributed by atoms with E-state index in [9.17, 15) is 14.3 Å². The highest BCUT2D eigenvalue weighted by molar-refractivity contribution is 6.32. The van der Waals surface area contributed by atoms with Gasteiger partial charge in [0.1, 0.15) is 23.8 Å². The Bertz CT molecular complexity index is 885. The lowest BCUT2D eigenvalue weighted by Gasteiger charge is -2.38. The van der Waals surface area contributed by atoms with Crippen molar-refractivity contribution < 1.29 is 19.0 Å². The first-order valence-electron chi connectivity index (χ1n) is 10.1. The molecule has 30 heavy (non-hydrogen) atoms. The average Bonchev–Trinajstić information content (AvgIpc) is 2.69. The predicted octanol–water partition coefficient (Wildman–Crippen LogP) is 3.62. The van der Waals surface area contributed by atoms with Crippen molar-refractivity contribution in [3.8, 4) is 5.75 Å². The molecular weight excluding hydrogens is 407 g/mol. The van der Waals surface area contributed by atoms with Gasteiger partial charge in [-0.1, -0.05) is 23.7 Å². The Labute approximate surface area is 181 Å². The number of ether oxygens (including phenoxy) is 1. The first-order chi connectivity index (χ1) is 14.2. The third-order valence-corrected chi connectivity index (χ3v) is 5.89. The number of nitrogens with one attached hydrogen (secondary N) is 1. The zero-order chi connectivity index (χ0) is 21.7. The Balaban J connectivity index is 1.50. The number of amides is 1. The number of likely N-dealkylation sites (tertiary alicyclic amines) is 1. The minimum absolute atomic E-state index is 0.148. The summed E-state index contributed by atoms with van der Waals surface area (Å²) in [6, 6.07) is 9.87. The van der Waals surface area contributed by atoms with Crippen LogP contribution >= 0.6 is 11.6 Å². The maximum Gasteiger partial charge on any atom is 0.234 e. The van der Waals surface area contributed by atoms with Crippen molar-refractivity contribution in [1.29, 1.82) is 0 Å². The van der Waals surface area contributed by atoms with Crippen molar-refractivity contribution in [3.63, 3.8) is 0 Å². The third kappa shape index (κ3) is 6.17. The molecule has 1 atom stereocenters. The number of hydrogen-bond donors (Lipinski definition) is 2. The lowest BCUT2D eigenvalue weighted by Crippen LogP contribution is -2.53. The maximum absolute atomic E-state index is 13.2. The number of β-amino-alcohol motifs (C(OH)–C–C–N with tert-alkyl or cyclic N) is 1. The van der Waals surface area contributed by atoms with Crippen LogP contribution in [0, 0.1) is 19.7 Å². The molecule has 1 heterocycles. The van der Waals surface area contributed by atoms with E-state index in [2.05, 4.69) is 5.32 Å². The van der Waals surface area contributed by atoms with Gasteiger partial charge in [0.05, 0.1) is 6.54 Å². The number of piperidine rings is 1. The molecule has 0 spiro atoms. The summed E-state index contributed by atoms with van der Waals surface area (Å²) in [5, 5.41) is 14.5. The van der Waals surface area contributed by atoms with Gasteiger partial charge in [-0.05, 0) is 74.2 Å². The highest BCUT2D eigenvalue weighted by atomic mass is 35.5. The van der Waals surface area contributed by atoms with Crippen molar-refractivity contribution >= 4 is 17.5 Å². The topological polar surface area (TPSA) is 61.8 Å². The molecule has 0 aliphatic carbocycles. The summed E-state index contributed by atoms with van der Waals surface area (Å²) in [4.78, 5) is 14.2. The summed E-state index contributed by atoms with van der Waals surface area (Å²) in [7, 11) is 0. The van der Waals surface area contributed by atoms with Crippen LogP contribution in [-0.4, -0.2) is 47.8 Å². The van der Waals surface area contributed by atoms with E-state index in [1.54, 1.807) is 12.1 Å². The highest BCUT2D eigenvalue weighted by Crippen LogP contribution is 2.28. The molecule has 1 amide bonds. The van der Waals surface area contributed by atoms with Gasteiger partial charge in [0.25, 0.3) is 0 Å². The van der Waals surface area contributed by atoms with Crippen molar-refractivity contribution in [2.24, 2.45) is 0 Å². The van der Waals surface area contributed by atoms with Crippen LogP contribution in [-0.2, 0) is 11.3 Å². The molecule has 0 unspecified atom stereocenters. The van der Waals surface area contributed by atoms with Gasteiger partial charge < -0.3 is 15.2 Å². The minimum atomic E-state index is -1.03. The van der Waals surface area contributed by atoms with Gasteiger partial charge in [-0.2, -0.15) is 0 Å². The first kappa shape index (κ1) is 22.5. The fraction of sp³-hybridized carbons (Fsp3) is 0.435. The molecule has 5 nitrogen and oxygen atoms in total. The van der Waals surface area contributed by atoms with Gasteiger partial charge in [0, 0.05) is 18.1 Å². The van der Waals surface area contributed by atoms with E-state index in [0.29, 0.717) is 29.3 Å². The zero-order valence-corrected chi connectivity index (χ0v) is 18.1. The maximum atomic E-state index is 13.2. The summed E-state index contributed by atoms with van der Waals surface area (Å²) in [5.41, 5.74) is 1.54. The van der Waals surface area contributed by atoms with E-state index in [4.69, 9.17) is 16.3 Å². The monoisotopic (exact) mass is 434 g/mol. The van der Waals surface area contributed by atoms with Crippen LogP contribution in [0.2, 0.25) is 5.02 Å². The lowest BCUT2D eigenvalue weighted by atomic mass is 9.93. The van der Waals surface area contributed by atoms with E-state index in [-0.39, 0.29) is 31.4 Å². The number of benzene rings is 2. The molecule has 2 aromatic rings. The van der Waals surface area contributed by atoms with E-state index >= 15 is 0 Å². The molecule has 2 N–H and O–H groups in total. The molecular formula is C23H28ClFN2O3. The minimum Gasteiger partial charge on any atom is -0.491 e. The van der Waals surface area contributed by atoms with Gasteiger partial charge in [-0.15, -0.1) is 0 Å². The SMILES string of the molecule is Cc1cc(OC[C@]2(O)CCCN(CC(=O)NCc3cccc(F)c3)C2)cc(C)c1Cl. The second-order valence-electron chi connectivity index (χ2n) is 8.10. The molecule has 7 heteroatoms. The fourth-order valence-corrected chi connectivity index (χ4v) is 3.88. The summed E-state index contributed by atoms with van der Waals surface area (Å²) in [5.74, 6) is 0.190. The number of carbonyl (C=O) groups is 1. The molecule has 0 aromatic heterocycles. The van der Waals surface area contributed by atoms with Crippen LogP contribution in [0.15, 0.2) is 36.4 Å². The second-order valence-corrected chi connectivity index (χ2v) is 8.48. The van der Waals surface area contributed by atoms with E-state index in [1.165, 1.54) is 12.1 Å². The van der Waals surface area contributed by atoms with Gasteiger partial charge in [0.2, 0.25) is 5.91 Å². The molecule has 162 valence electrons. The van der Waals surface area contributed by atoms with Crippen LogP contribution in [0.1, 0.15) is 29.5 Å². The molecule has 0 saturated carbocycles. The Kier molecular flexibility index (Phi) is 7.34. The van der Waals surface area contributed by atoms with Crippen molar-refractivity contribution in [3.05, 3.63) is 63.9 Å². The Morgan fingerprint density at radius 2 is 2.03 bits per heavy atom. The Morgan fingerprint density at radius 3 is 2.73 bits per heavy atom. The molecule has 1 saturated heterocycles. The molecule has 1 aliphatic heterocycles. The predicted molar refractivity (Wildman–Crippen MR) is 115 cm³/mol. The van der Waals surface area contributed by atoms with E-state index < -0.39 is 5.60 Å². The summed E-state index contributed by atoms with van der Waals surface area (Å²) < 4.78 is 19.1. The number of nitrogens with zero attached hydrogens (tertiary/aromatic N) is 1. The number of rotatable bonds is 7. The van der Waals surface area contributed by atoms with Gasteiger partial charge in [0.15, 0.2) is 0 Å². The number of halogens is 2. The van der Waals surface area contributed by atoms with E-state index in [1.807, 2.05) is 30.9 Å². The Hall–Kier alpha value is -2.15. The van der Waals surface area contributed by atoms with Crippen molar-refractivity contribution in [1.82, 2.24) is 10.2 Å². The standard InChI is InChI=1S/C23H28ClFN2O3/c1-16-9-20(10-17(2)22(16)24)30-15-23(29)7-4-8-27(14-23)13-21(28)26-12-18-5-3-6-19(25)11-18/h3,5-6,9-11,29H,4,7-8,12-15H2,1-2H3,(H,26,28)/t23-/m0/s1. The summed E-state index contributed by atoms with van der Waals surface area (Å²) in [6.45, 7) is 5.52. The van der Waals surface area contributed by atoms with Crippen LogP contribution in [0.25, 0.3) is 0 Å². The fourth-order valence-electron chi connectivity index (χ4n) is 3.77. The van der Waals surface area contributed by atoms with Crippen LogP contribution in [0.5, 0.6) is 5.75 Å².